The van der Waals surface area contributed by atoms with Crippen molar-refractivity contribution in [2.45, 2.75) is 46.2 Å². The molecular formula is C13H21N3O3. The summed E-state index contributed by atoms with van der Waals surface area (Å²) in [5.74, 6) is -0.317. The Bertz CT molecular complexity index is 482. The fraction of sp³-hybridized carbons (Fsp3) is 0.615. The predicted molar refractivity (Wildman–Crippen MR) is 73.3 cm³/mol. The average Bonchev–Trinajstić information content (AvgIpc) is 2.32. The van der Waals surface area contributed by atoms with E-state index in [2.05, 4.69) is 10.3 Å². The van der Waals surface area contributed by atoms with Crippen LogP contribution >= 0.6 is 0 Å². The Morgan fingerprint density at radius 3 is 2.74 bits per heavy atom. The molecule has 0 saturated heterocycles. The van der Waals surface area contributed by atoms with Crippen molar-refractivity contribution in [2.24, 2.45) is 5.92 Å². The molecule has 6 nitrogen and oxygen atoms in total. The van der Waals surface area contributed by atoms with Gasteiger partial charge < -0.3 is 15.0 Å². The van der Waals surface area contributed by atoms with Crippen LogP contribution in [0.2, 0.25) is 0 Å². The molecule has 1 aromatic heterocycles. The van der Waals surface area contributed by atoms with Crippen LogP contribution in [-0.2, 0) is 11.3 Å². The number of carbonyl (C=O) groups is 1. The Morgan fingerprint density at radius 2 is 2.21 bits per heavy atom. The van der Waals surface area contributed by atoms with Gasteiger partial charge in [-0.15, -0.1) is 0 Å². The second-order valence-corrected chi connectivity index (χ2v) is 4.97. The predicted octanol–water partition coefficient (Wildman–Crippen LogP) is 1.56. The molecule has 1 rings (SSSR count). The molecular weight excluding hydrogens is 246 g/mol. The van der Waals surface area contributed by atoms with E-state index in [1.165, 1.54) is 0 Å². The number of nitrogens with zero attached hydrogens (tertiary/aromatic N) is 2. The smallest absolute Gasteiger partial charge is 0.305 e. The van der Waals surface area contributed by atoms with Gasteiger partial charge in [0.1, 0.15) is 0 Å². The Hall–Kier alpha value is -1.85. The number of anilines is 1. The molecule has 1 heterocycles. The van der Waals surface area contributed by atoms with E-state index < -0.39 is 5.97 Å². The first-order chi connectivity index (χ1) is 8.93. The number of carboxylic acids is 1. The number of hydrogen-bond donors (Lipinski definition) is 2. The summed E-state index contributed by atoms with van der Waals surface area (Å²) >= 11 is 0. The molecule has 0 aliphatic carbocycles. The fourth-order valence-corrected chi connectivity index (χ4v) is 1.79. The average molecular weight is 267 g/mol. The van der Waals surface area contributed by atoms with Gasteiger partial charge in [-0.25, -0.2) is 4.98 Å². The SMILES string of the molecule is CCC(CC(=O)O)Nc1nccn(CC(C)C)c1=O. The van der Waals surface area contributed by atoms with Crippen LogP contribution in [0, 0.1) is 5.92 Å². The van der Waals surface area contributed by atoms with Gasteiger partial charge in [-0.05, 0) is 12.3 Å². The van der Waals surface area contributed by atoms with Crippen molar-refractivity contribution in [1.82, 2.24) is 9.55 Å². The van der Waals surface area contributed by atoms with Crippen molar-refractivity contribution in [3.05, 3.63) is 22.7 Å². The largest absolute Gasteiger partial charge is 0.481 e. The molecule has 0 fully saturated rings. The van der Waals surface area contributed by atoms with Crippen LogP contribution in [0.15, 0.2) is 17.2 Å². The van der Waals surface area contributed by atoms with Gasteiger partial charge in [-0.3, -0.25) is 9.59 Å². The molecule has 0 amide bonds. The van der Waals surface area contributed by atoms with Crippen molar-refractivity contribution in [2.75, 3.05) is 5.32 Å². The Morgan fingerprint density at radius 1 is 1.53 bits per heavy atom. The summed E-state index contributed by atoms with van der Waals surface area (Å²) in [6, 6.07) is -0.285. The molecule has 0 spiro atoms. The van der Waals surface area contributed by atoms with Gasteiger partial charge in [-0.1, -0.05) is 20.8 Å². The van der Waals surface area contributed by atoms with Gasteiger partial charge in [0, 0.05) is 25.0 Å². The van der Waals surface area contributed by atoms with Crippen LogP contribution in [0.25, 0.3) is 0 Å². The van der Waals surface area contributed by atoms with E-state index in [0.717, 1.165) is 0 Å². The highest BCUT2D eigenvalue weighted by molar-refractivity contribution is 5.68. The molecule has 6 heteroatoms. The Kier molecular flexibility index (Phi) is 5.54. The van der Waals surface area contributed by atoms with Crippen LogP contribution in [0.3, 0.4) is 0 Å². The van der Waals surface area contributed by atoms with Gasteiger partial charge in [0.15, 0.2) is 5.82 Å². The molecule has 0 aliphatic heterocycles. The van der Waals surface area contributed by atoms with E-state index in [1.807, 2.05) is 20.8 Å². The van der Waals surface area contributed by atoms with Crippen LogP contribution in [0.1, 0.15) is 33.6 Å². The molecule has 1 aromatic rings. The van der Waals surface area contributed by atoms with Gasteiger partial charge in [0.2, 0.25) is 0 Å². The topological polar surface area (TPSA) is 84.2 Å². The van der Waals surface area contributed by atoms with Gasteiger partial charge in [0.05, 0.1) is 6.42 Å². The monoisotopic (exact) mass is 267 g/mol. The minimum absolute atomic E-state index is 0.0311. The quantitative estimate of drug-likeness (QED) is 0.783. The summed E-state index contributed by atoms with van der Waals surface area (Å²) < 4.78 is 1.59. The number of aromatic nitrogens is 2. The summed E-state index contributed by atoms with van der Waals surface area (Å²) in [5, 5.41) is 11.7. The number of carboxylic acid groups (broad SMARTS) is 1. The van der Waals surface area contributed by atoms with Crippen molar-refractivity contribution >= 4 is 11.8 Å². The van der Waals surface area contributed by atoms with Crippen molar-refractivity contribution in [3.63, 3.8) is 0 Å². The second-order valence-electron chi connectivity index (χ2n) is 4.97. The number of rotatable bonds is 7. The first kappa shape index (κ1) is 15.2. The standard InChI is InChI=1S/C13H21N3O3/c1-4-10(7-11(17)18)15-12-13(19)16(6-5-14-12)8-9(2)3/h5-6,9-10H,4,7-8H2,1-3H3,(H,14,15)(H,17,18). The molecule has 19 heavy (non-hydrogen) atoms. The third-order valence-electron chi connectivity index (χ3n) is 2.73. The van der Waals surface area contributed by atoms with E-state index in [-0.39, 0.29) is 23.8 Å². The first-order valence-electron chi connectivity index (χ1n) is 6.47. The normalized spacial score (nSPS) is 12.4. The molecule has 1 atom stereocenters. The molecule has 0 bridgehead atoms. The highest BCUT2D eigenvalue weighted by Crippen LogP contribution is 2.05. The Labute approximate surface area is 112 Å². The zero-order valence-electron chi connectivity index (χ0n) is 11.6. The van der Waals surface area contributed by atoms with Crippen molar-refractivity contribution in [3.8, 4) is 0 Å². The van der Waals surface area contributed by atoms with Gasteiger partial charge in [-0.2, -0.15) is 0 Å². The third-order valence-corrected chi connectivity index (χ3v) is 2.73. The van der Waals surface area contributed by atoms with E-state index in [1.54, 1.807) is 17.0 Å². The molecule has 0 aliphatic rings. The lowest BCUT2D eigenvalue weighted by atomic mass is 10.1. The zero-order valence-corrected chi connectivity index (χ0v) is 11.6. The van der Waals surface area contributed by atoms with Gasteiger partial charge >= 0.3 is 5.97 Å². The maximum atomic E-state index is 12.1. The summed E-state index contributed by atoms with van der Waals surface area (Å²) in [7, 11) is 0. The van der Waals surface area contributed by atoms with Crippen LogP contribution in [-0.4, -0.2) is 26.7 Å². The summed E-state index contributed by atoms with van der Waals surface area (Å²) in [5.41, 5.74) is -0.208. The van der Waals surface area contributed by atoms with E-state index in [0.29, 0.717) is 18.9 Å². The Balaban J connectivity index is 2.89. The summed E-state index contributed by atoms with van der Waals surface area (Å²) in [6.07, 6.45) is 3.79. The fourth-order valence-electron chi connectivity index (χ4n) is 1.79. The van der Waals surface area contributed by atoms with Crippen molar-refractivity contribution in [1.29, 1.82) is 0 Å². The maximum Gasteiger partial charge on any atom is 0.305 e. The molecule has 0 saturated carbocycles. The number of nitrogens with one attached hydrogen (secondary N) is 1. The minimum Gasteiger partial charge on any atom is -0.481 e. The maximum absolute atomic E-state index is 12.1. The van der Waals surface area contributed by atoms with Crippen LogP contribution < -0.4 is 10.9 Å². The van der Waals surface area contributed by atoms with Crippen LogP contribution in [0.4, 0.5) is 5.82 Å². The van der Waals surface area contributed by atoms with E-state index in [9.17, 15) is 9.59 Å². The minimum atomic E-state index is -0.891. The molecule has 106 valence electrons. The lowest BCUT2D eigenvalue weighted by Gasteiger charge is -2.16. The number of hydrogen-bond acceptors (Lipinski definition) is 4. The zero-order chi connectivity index (χ0) is 14.4. The third kappa shape index (κ3) is 4.73. The van der Waals surface area contributed by atoms with E-state index in [4.69, 9.17) is 5.11 Å². The molecule has 0 radical (unpaired) electrons. The lowest BCUT2D eigenvalue weighted by molar-refractivity contribution is -0.137. The van der Waals surface area contributed by atoms with Gasteiger partial charge in [0.25, 0.3) is 5.56 Å². The molecule has 1 unspecified atom stereocenters. The summed E-state index contributed by atoms with van der Waals surface area (Å²) in [6.45, 7) is 6.54. The summed E-state index contributed by atoms with van der Waals surface area (Å²) in [4.78, 5) is 26.8. The molecule has 0 aromatic carbocycles. The highest BCUT2D eigenvalue weighted by Gasteiger charge is 2.14. The number of aliphatic carboxylic acids is 1. The first-order valence-corrected chi connectivity index (χ1v) is 6.47. The van der Waals surface area contributed by atoms with Crippen LogP contribution in [0.5, 0.6) is 0 Å². The van der Waals surface area contributed by atoms with E-state index >= 15 is 0 Å². The van der Waals surface area contributed by atoms with Crippen molar-refractivity contribution < 1.29 is 9.90 Å². The second kappa shape index (κ2) is 6.92. The highest BCUT2D eigenvalue weighted by atomic mass is 16.4. The molecule has 2 N–H and O–H groups in total. The lowest BCUT2D eigenvalue weighted by Crippen LogP contribution is -2.31.